The van der Waals surface area contributed by atoms with Crippen molar-refractivity contribution in [1.29, 1.82) is 0 Å². The van der Waals surface area contributed by atoms with Gasteiger partial charge in [0.05, 0.1) is 11.9 Å². The third-order valence-electron chi connectivity index (χ3n) is 4.20. The molecule has 5 heteroatoms. The van der Waals surface area contributed by atoms with E-state index in [-0.39, 0.29) is 0 Å². The molecule has 0 spiro atoms. The molecule has 0 aliphatic carbocycles. The Morgan fingerprint density at radius 2 is 2.33 bits per heavy atom. The summed E-state index contributed by atoms with van der Waals surface area (Å²) in [6.07, 6.45) is 6.78. The summed E-state index contributed by atoms with van der Waals surface area (Å²) < 4.78 is 0. The monoisotopic (exact) mass is 285 g/mol. The van der Waals surface area contributed by atoms with E-state index in [1.54, 1.807) is 6.20 Å². The van der Waals surface area contributed by atoms with Gasteiger partial charge in [0.25, 0.3) is 0 Å². The maximum absolute atomic E-state index is 4.18. The normalized spacial score (nSPS) is 19.5. The number of pyridine rings is 1. The van der Waals surface area contributed by atoms with Crippen molar-refractivity contribution in [1.82, 2.24) is 25.4 Å². The van der Waals surface area contributed by atoms with Gasteiger partial charge in [-0.2, -0.15) is 5.10 Å². The first-order valence-electron chi connectivity index (χ1n) is 7.64. The predicted octanol–water partition coefficient (Wildman–Crippen LogP) is 2.04. The van der Waals surface area contributed by atoms with Crippen LogP contribution < -0.4 is 5.32 Å². The van der Waals surface area contributed by atoms with Gasteiger partial charge in [0, 0.05) is 48.7 Å². The van der Waals surface area contributed by atoms with E-state index in [0.717, 1.165) is 24.3 Å². The average Bonchev–Trinajstić information content (AvgIpc) is 3.15. The summed E-state index contributed by atoms with van der Waals surface area (Å²) in [5, 5.41) is 10.9. The van der Waals surface area contributed by atoms with Gasteiger partial charge in [-0.15, -0.1) is 0 Å². The third kappa shape index (κ3) is 3.31. The second kappa shape index (κ2) is 6.37. The van der Waals surface area contributed by atoms with Crippen LogP contribution in [0.25, 0.3) is 11.3 Å². The fraction of sp³-hybridized carbons (Fsp3) is 0.500. The third-order valence-corrected chi connectivity index (χ3v) is 4.20. The average molecular weight is 285 g/mol. The summed E-state index contributed by atoms with van der Waals surface area (Å²) in [6, 6.07) is 5.21. The minimum atomic E-state index is 0.573. The molecular weight excluding hydrogens is 262 g/mol. The van der Waals surface area contributed by atoms with Crippen LogP contribution in [0.2, 0.25) is 0 Å². The molecule has 0 amide bonds. The van der Waals surface area contributed by atoms with E-state index in [0.29, 0.717) is 12.1 Å². The predicted molar refractivity (Wildman–Crippen MR) is 83.8 cm³/mol. The highest BCUT2D eigenvalue weighted by atomic mass is 15.2. The molecule has 0 radical (unpaired) electrons. The van der Waals surface area contributed by atoms with Gasteiger partial charge in [0.15, 0.2) is 0 Å². The van der Waals surface area contributed by atoms with Crippen LogP contribution in [0.3, 0.4) is 0 Å². The molecule has 2 aromatic rings. The maximum Gasteiger partial charge on any atom is 0.0710 e. The number of H-pyrrole nitrogens is 1. The lowest BCUT2D eigenvalue weighted by Crippen LogP contribution is -2.34. The van der Waals surface area contributed by atoms with Crippen LogP contribution in [-0.2, 0) is 6.54 Å². The summed E-state index contributed by atoms with van der Waals surface area (Å²) in [4.78, 5) is 6.70. The number of hydrogen-bond acceptors (Lipinski definition) is 4. The molecule has 3 rings (SSSR count). The first-order chi connectivity index (χ1) is 10.2. The van der Waals surface area contributed by atoms with Crippen molar-refractivity contribution < 1.29 is 0 Å². The molecule has 0 saturated carbocycles. The second-order valence-electron chi connectivity index (χ2n) is 5.97. The fourth-order valence-corrected chi connectivity index (χ4v) is 2.88. The van der Waals surface area contributed by atoms with Crippen molar-refractivity contribution >= 4 is 0 Å². The van der Waals surface area contributed by atoms with Gasteiger partial charge < -0.3 is 5.32 Å². The Morgan fingerprint density at radius 3 is 3.05 bits per heavy atom. The topological polar surface area (TPSA) is 56.8 Å². The zero-order valence-corrected chi connectivity index (χ0v) is 12.7. The van der Waals surface area contributed by atoms with E-state index in [9.17, 15) is 0 Å². The first kappa shape index (κ1) is 14.2. The number of aromatic nitrogens is 3. The Hall–Kier alpha value is -1.72. The molecule has 1 aliphatic rings. The van der Waals surface area contributed by atoms with Crippen molar-refractivity contribution in [2.24, 2.45) is 0 Å². The van der Waals surface area contributed by atoms with Crippen LogP contribution in [0.5, 0.6) is 0 Å². The van der Waals surface area contributed by atoms with E-state index in [4.69, 9.17) is 0 Å². The van der Waals surface area contributed by atoms with Crippen molar-refractivity contribution in [3.63, 3.8) is 0 Å². The largest absolute Gasteiger partial charge is 0.308 e. The Kier molecular flexibility index (Phi) is 4.31. The van der Waals surface area contributed by atoms with Crippen LogP contribution in [0.15, 0.2) is 30.7 Å². The van der Waals surface area contributed by atoms with Gasteiger partial charge in [-0.1, -0.05) is 0 Å². The summed E-state index contributed by atoms with van der Waals surface area (Å²) >= 11 is 0. The van der Waals surface area contributed by atoms with Gasteiger partial charge in [-0.3, -0.25) is 15.0 Å². The zero-order chi connectivity index (χ0) is 14.7. The minimum absolute atomic E-state index is 0.573. The van der Waals surface area contributed by atoms with Crippen molar-refractivity contribution in [3.05, 3.63) is 36.3 Å². The van der Waals surface area contributed by atoms with Gasteiger partial charge in [-0.25, -0.2) is 0 Å². The Morgan fingerprint density at radius 1 is 1.43 bits per heavy atom. The zero-order valence-electron chi connectivity index (χ0n) is 12.7. The van der Waals surface area contributed by atoms with E-state index in [1.165, 1.54) is 18.5 Å². The fourth-order valence-electron chi connectivity index (χ4n) is 2.88. The van der Waals surface area contributed by atoms with Crippen molar-refractivity contribution in [2.45, 2.75) is 38.9 Å². The molecule has 1 aliphatic heterocycles. The van der Waals surface area contributed by atoms with Crippen LogP contribution in [0.1, 0.15) is 25.8 Å². The minimum Gasteiger partial charge on any atom is -0.308 e. The SMILES string of the molecule is CC(C)N1CC[C@@H](NCc2cn[nH]c2-c2cccnc2)C1. The lowest BCUT2D eigenvalue weighted by atomic mass is 10.1. The second-order valence-corrected chi connectivity index (χ2v) is 5.97. The molecule has 2 N–H and O–H groups in total. The van der Waals surface area contributed by atoms with Crippen LogP contribution in [-0.4, -0.2) is 45.3 Å². The first-order valence-corrected chi connectivity index (χ1v) is 7.64. The lowest BCUT2D eigenvalue weighted by Gasteiger charge is -2.20. The highest BCUT2D eigenvalue weighted by molar-refractivity contribution is 5.61. The standard InChI is InChI=1S/C16H23N5/c1-12(2)21-7-5-15(11-21)18-9-14-10-19-20-16(14)13-4-3-6-17-8-13/h3-4,6,8,10,12,15,18H,5,7,9,11H2,1-2H3,(H,19,20)/t15-/m1/s1. The molecule has 0 aromatic carbocycles. The Bertz CT molecular complexity index is 563. The molecule has 2 aromatic heterocycles. The molecule has 0 unspecified atom stereocenters. The number of rotatable bonds is 5. The van der Waals surface area contributed by atoms with E-state index < -0.39 is 0 Å². The number of nitrogens with one attached hydrogen (secondary N) is 2. The highest BCUT2D eigenvalue weighted by Crippen LogP contribution is 2.20. The maximum atomic E-state index is 4.18. The Balaban J connectivity index is 1.61. The smallest absolute Gasteiger partial charge is 0.0710 e. The number of aromatic amines is 1. The van der Waals surface area contributed by atoms with E-state index in [1.807, 2.05) is 18.5 Å². The summed E-state index contributed by atoms with van der Waals surface area (Å²) in [5.74, 6) is 0. The van der Waals surface area contributed by atoms with E-state index >= 15 is 0 Å². The number of likely N-dealkylation sites (tertiary alicyclic amines) is 1. The molecule has 1 saturated heterocycles. The summed E-state index contributed by atoms with van der Waals surface area (Å²) in [5.41, 5.74) is 3.35. The molecule has 3 heterocycles. The number of nitrogens with zero attached hydrogens (tertiary/aromatic N) is 3. The molecule has 112 valence electrons. The van der Waals surface area contributed by atoms with Crippen LogP contribution in [0.4, 0.5) is 0 Å². The summed E-state index contributed by atoms with van der Waals surface area (Å²) in [6.45, 7) is 7.70. The van der Waals surface area contributed by atoms with E-state index in [2.05, 4.69) is 45.3 Å². The molecule has 1 fully saturated rings. The van der Waals surface area contributed by atoms with Crippen LogP contribution in [0, 0.1) is 0 Å². The van der Waals surface area contributed by atoms with Gasteiger partial charge in [-0.05, 0) is 38.9 Å². The lowest BCUT2D eigenvalue weighted by molar-refractivity contribution is 0.268. The molecule has 0 bridgehead atoms. The van der Waals surface area contributed by atoms with Crippen LogP contribution >= 0.6 is 0 Å². The molecular formula is C16H23N5. The quantitative estimate of drug-likeness (QED) is 0.883. The molecule has 1 atom stereocenters. The molecule has 21 heavy (non-hydrogen) atoms. The Labute approximate surface area is 125 Å². The summed E-state index contributed by atoms with van der Waals surface area (Å²) in [7, 11) is 0. The van der Waals surface area contributed by atoms with Crippen molar-refractivity contribution in [2.75, 3.05) is 13.1 Å². The van der Waals surface area contributed by atoms with Gasteiger partial charge in [0.2, 0.25) is 0 Å². The van der Waals surface area contributed by atoms with Gasteiger partial charge in [0.1, 0.15) is 0 Å². The van der Waals surface area contributed by atoms with Gasteiger partial charge >= 0.3 is 0 Å². The number of hydrogen-bond donors (Lipinski definition) is 2. The van der Waals surface area contributed by atoms with Crippen molar-refractivity contribution in [3.8, 4) is 11.3 Å². The highest BCUT2D eigenvalue weighted by Gasteiger charge is 2.23. The molecule has 5 nitrogen and oxygen atoms in total.